The second-order valence-electron chi connectivity index (χ2n) is 7.24. The Morgan fingerprint density at radius 2 is 1.32 bits per heavy atom. The zero-order valence-corrected chi connectivity index (χ0v) is 16.3. The number of carbonyl (C=O) groups is 3. The highest BCUT2D eigenvalue weighted by molar-refractivity contribution is 5.87. The summed E-state index contributed by atoms with van der Waals surface area (Å²) in [5.74, 6) is -1.49. The van der Waals surface area contributed by atoms with Crippen LogP contribution in [0.2, 0.25) is 0 Å². The van der Waals surface area contributed by atoms with Crippen LogP contribution in [0, 0.1) is 5.92 Å². The van der Waals surface area contributed by atoms with Crippen LogP contribution in [0.5, 0.6) is 0 Å². The Balaban J connectivity index is 3.66. The monoisotopic (exact) mass is 355 g/mol. The SMILES string of the molecule is CCCCCCCCCCCC(=O)CCC(=O)N[C@H](C(=O)O)C(C)C. The summed E-state index contributed by atoms with van der Waals surface area (Å²) in [7, 11) is 0. The number of hydrogen-bond donors (Lipinski definition) is 2. The molecule has 0 radical (unpaired) electrons. The quantitative estimate of drug-likeness (QED) is 0.400. The van der Waals surface area contributed by atoms with Crippen molar-refractivity contribution in [3.05, 3.63) is 0 Å². The smallest absolute Gasteiger partial charge is 0.326 e. The van der Waals surface area contributed by atoms with Crippen LogP contribution in [0.1, 0.15) is 97.8 Å². The number of carboxylic acids is 1. The molecule has 1 atom stereocenters. The predicted molar refractivity (Wildman–Crippen MR) is 100 cm³/mol. The molecule has 2 N–H and O–H groups in total. The Morgan fingerprint density at radius 1 is 0.800 bits per heavy atom. The maximum atomic E-state index is 11.8. The molecule has 1 amide bonds. The molecule has 0 aliphatic rings. The van der Waals surface area contributed by atoms with E-state index in [0.717, 1.165) is 12.8 Å². The average Bonchev–Trinajstić information content (AvgIpc) is 2.55. The largest absolute Gasteiger partial charge is 0.480 e. The van der Waals surface area contributed by atoms with E-state index in [-0.39, 0.29) is 30.4 Å². The van der Waals surface area contributed by atoms with Crippen LogP contribution in [0.15, 0.2) is 0 Å². The summed E-state index contributed by atoms with van der Waals surface area (Å²) >= 11 is 0. The Bertz CT molecular complexity index is 393. The maximum Gasteiger partial charge on any atom is 0.326 e. The molecule has 5 heteroatoms. The summed E-state index contributed by atoms with van der Waals surface area (Å²) in [5.41, 5.74) is 0. The van der Waals surface area contributed by atoms with Crippen LogP contribution in [0.25, 0.3) is 0 Å². The number of aliphatic carboxylic acids is 1. The van der Waals surface area contributed by atoms with Gasteiger partial charge in [0.05, 0.1) is 0 Å². The summed E-state index contributed by atoms with van der Waals surface area (Å²) in [6.45, 7) is 5.71. The van der Waals surface area contributed by atoms with Gasteiger partial charge in [-0.3, -0.25) is 9.59 Å². The lowest BCUT2D eigenvalue weighted by Crippen LogP contribution is -2.44. The first kappa shape index (κ1) is 23.6. The van der Waals surface area contributed by atoms with Crippen LogP contribution in [-0.4, -0.2) is 28.8 Å². The second-order valence-corrected chi connectivity index (χ2v) is 7.24. The number of unbranched alkanes of at least 4 members (excludes halogenated alkanes) is 8. The van der Waals surface area contributed by atoms with Gasteiger partial charge in [-0.05, 0) is 12.3 Å². The van der Waals surface area contributed by atoms with Crippen molar-refractivity contribution in [3.8, 4) is 0 Å². The lowest BCUT2D eigenvalue weighted by molar-refractivity contribution is -0.143. The molecular formula is C20H37NO4. The van der Waals surface area contributed by atoms with Gasteiger partial charge in [-0.25, -0.2) is 4.79 Å². The summed E-state index contributed by atoms with van der Waals surface area (Å²) in [6, 6.07) is -0.889. The molecule has 0 aromatic rings. The van der Waals surface area contributed by atoms with Gasteiger partial charge in [0.2, 0.25) is 5.91 Å². The maximum absolute atomic E-state index is 11.8. The van der Waals surface area contributed by atoms with E-state index in [1.165, 1.54) is 44.9 Å². The van der Waals surface area contributed by atoms with Gasteiger partial charge in [-0.1, -0.05) is 72.1 Å². The molecular weight excluding hydrogens is 318 g/mol. The van der Waals surface area contributed by atoms with Gasteiger partial charge >= 0.3 is 5.97 Å². The average molecular weight is 356 g/mol. The summed E-state index contributed by atoms with van der Waals surface area (Å²) in [4.78, 5) is 34.6. The van der Waals surface area contributed by atoms with E-state index in [0.29, 0.717) is 6.42 Å². The Labute approximate surface area is 153 Å². The topological polar surface area (TPSA) is 83.5 Å². The first-order valence-corrected chi connectivity index (χ1v) is 9.92. The summed E-state index contributed by atoms with van der Waals surface area (Å²) < 4.78 is 0. The molecule has 5 nitrogen and oxygen atoms in total. The standard InChI is InChI=1S/C20H37NO4/c1-4-5-6-7-8-9-10-11-12-13-17(22)14-15-18(23)21-19(16(2)3)20(24)25/h16,19H,4-15H2,1-3H3,(H,21,23)(H,24,25)/t19-/m0/s1. The van der Waals surface area contributed by atoms with Crippen LogP contribution < -0.4 is 5.32 Å². The van der Waals surface area contributed by atoms with Crippen molar-refractivity contribution in [2.24, 2.45) is 5.92 Å². The fraction of sp³-hybridized carbons (Fsp3) is 0.850. The van der Waals surface area contributed by atoms with E-state index in [9.17, 15) is 14.4 Å². The minimum Gasteiger partial charge on any atom is -0.480 e. The second kappa shape index (κ2) is 14.9. The molecule has 0 unspecified atom stereocenters. The number of amides is 1. The molecule has 25 heavy (non-hydrogen) atoms. The Morgan fingerprint density at radius 3 is 1.80 bits per heavy atom. The molecule has 0 aromatic heterocycles. The van der Waals surface area contributed by atoms with Crippen molar-refractivity contribution in [2.75, 3.05) is 0 Å². The zero-order chi connectivity index (χ0) is 19.1. The van der Waals surface area contributed by atoms with Gasteiger partial charge in [0.25, 0.3) is 0 Å². The molecule has 0 aliphatic heterocycles. The third-order valence-electron chi connectivity index (χ3n) is 4.44. The van der Waals surface area contributed by atoms with E-state index in [1.54, 1.807) is 13.8 Å². The fourth-order valence-corrected chi connectivity index (χ4v) is 2.77. The van der Waals surface area contributed by atoms with Gasteiger partial charge in [-0.15, -0.1) is 0 Å². The third-order valence-corrected chi connectivity index (χ3v) is 4.44. The third kappa shape index (κ3) is 13.6. The fourth-order valence-electron chi connectivity index (χ4n) is 2.77. The summed E-state index contributed by atoms with van der Waals surface area (Å²) in [6.07, 6.45) is 11.7. The minimum atomic E-state index is -1.04. The van der Waals surface area contributed by atoms with Crippen molar-refractivity contribution < 1.29 is 19.5 Å². The Kier molecular flexibility index (Phi) is 14.1. The highest BCUT2D eigenvalue weighted by atomic mass is 16.4. The van der Waals surface area contributed by atoms with Crippen LogP contribution >= 0.6 is 0 Å². The van der Waals surface area contributed by atoms with Crippen LogP contribution in [0.4, 0.5) is 0 Å². The van der Waals surface area contributed by atoms with E-state index in [4.69, 9.17) is 5.11 Å². The van der Waals surface area contributed by atoms with Crippen molar-refractivity contribution >= 4 is 17.7 Å². The molecule has 146 valence electrons. The molecule has 0 aliphatic carbocycles. The van der Waals surface area contributed by atoms with E-state index in [2.05, 4.69) is 12.2 Å². The van der Waals surface area contributed by atoms with Crippen molar-refractivity contribution in [1.82, 2.24) is 5.32 Å². The summed E-state index contributed by atoms with van der Waals surface area (Å²) in [5, 5.41) is 11.5. The highest BCUT2D eigenvalue weighted by Gasteiger charge is 2.23. The number of hydrogen-bond acceptors (Lipinski definition) is 3. The molecule has 0 saturated heterocycles. The van der Waals surface area contributed by atoms with Crippen molar-refractivity contribution in [2.45, 2.75) is 104 Å². The van der Waals surface area contributed by atoms with Gasteiger partial charge in [0.1, 0.15) is 11.8 Å². The Hall–Kier alpha value is -1.39. The normalized spacial score (nSPS) is 12.2. The molecule has 0 rings (SSSR count). The number of ketones is 1. The molecule has 0 spiro atoms. The lowest BCUT2D eigenvalue weighted by atomic mass is 10.0. The molecule has 0 heterocycles. The number of rotatable bonds is 16. The van der Waals surface area contributed by atoms with E-state index in [1.807, 2.05) is 0 Å². The van der Waals surface area contributed by atoms with Gasteiger partial charge < -0.3 is 10.4 Å². The van der Waals surface area contributed by atoms with Gasteiger partial charge in [-0.2, -0.15) is 0 Å². The number of carbonyl (C=O) groups excluding carboxylic acids is 2. The highest BCUT2D eigenvalue weighted by Crippen LogP contribution is 2.11. The zero-order valence-electron chi connectivity index (χ0n) is 16.3. The van der Waals surface area contributed by atoms with Gasteiger partial charge in [0, 0.05) is 19.3 Å². The first-order chi connectivity index (χ1) is 11.9. The van der Waals surface area contributed by atoms with Crippen molar-refractivity contribution in [3.63, 3.8) is 0 Å². The van der Waals surface area contributed by atoms with E-state index >= 15 is 0 Å². The number of nitrogens with one attached hydrogen (secondary N) is 1. The van der Waals surface area contributed by atoms with E-state index < -0.39 is 12.0 Å². The first-order valence-electron chi connectivity index (χ1n) is 9.92. The number of carboxylic acid groups (broad SMARTS) is 1. The van der Waals surface area contributed by atoms with Crippen molar-refractivity contribution in [1.29, 1.82) is 0 Å². The molecule has 0 aromatic carbocycles. The predicted octanol–water partition coefficient (Wildman–Crippen LogP) is 4.48. The van der Waals surface area contributed by atoms with Gasteiger partial charge in [0.15, 0.2) is 0 Å². The van der Waals surface area contributed by atoms with Crippen LogP contribution in [0.3, 0.4) is 0 Å². The lowest BCUT2D eigenvalue weighted by Gasteiger charge is -2.17. The number of Topliss-reactive ketones (excluding diaryl/α,β-unsaturated/α-hetero) is 1. The molecule has 0 bridgehead atoms. The molecule has 0 saturated carbocycles. The van der Waals surface area contributed by atoms with Crippen LogP contribution in [-0.2, 0) is 14.4 Å². The minimum absolute atomic E-state index is 0.0762. The molecule has 0 fully saturated rings.